The highest BCUT2D eigenvalue weighted by Crippen LogP contribution is 2.37. The largest absolute Gasteiger partial charge is 0.487 e. The predicted octanol–water partition coefficient (Wildman–Crippen LogP) is 2.89. The van der Waals surface area contributed by atoms with Crippen LogP contribution in [0.5, 0.6) is 5.75 Å². The number of hydrogen-bond donors (Lipinski definition) is 1. The zero-order valence-corrected chi connectivity index (χ0v) is 12.0. The first kappa shape index (κ1) is 12.9. The SMILES string of the molecule is CC1(C)Cc2cccc(CNN3CCCCC3)c2O1. The minimum absolute atomic E-state index is 0.0520. The Morgan fingerprint density at radius 1 is 1.21 bits per heavy atom. The van der Waals surface area contributed by atoms with Crippen LogP contribution in [0.1, 0.15) is 44.2 Å². The number of ether oxygens (including phenoxy) is 1. The highest BCUT2D eigenvalue weighted by Gasteiger charge is 2.31. The summed E-state index contributed by atoms with van der Waals surface area (Å²) in [6.07, 6.45) is 5.00. The van der Waals surface area contributed by atoms with Crippen LogP contribution < -0.4 is 10.2 Å². The number of para-hydroxylation sites is 1. The van der Waals surface area contributed by atoms with Crippen LogP contribution in [-0.2, 0) is 13.0 Å². The number of nitrogens with one attached hydrogen (secondary N) is 1. The van der Waals surface area contributed by atoms with Crippen molar-refractivity contribution in [3.8, 4) is 5.75 Å². The molecule has 1 N–H and O–H groups in total. The molecule has 0 bridgehead atoms. The lowest BCUT2D eigenvalue weighted by Crippen LogP contribution is -2.41. The smallest absolute Gasteiger partial charge is 0.128 e. The average Bonchev–Trinajstić information content (AvgIpc) is 2.72. The molecule has 0 radical (unpaired) electrons. The van der Waals surface area contributed by atoms with Crippen molar-refractivity contribution >= 4 is 0 Å². The average molecular weight is 260 g/mol. The van der Waals surface area contributed by atoms with Crippen molar-refractivity contribution in [2.45, 2.75) is 51.7 Å². The Balaban J connectivity index is 1.67. The molecule has 2 aliphatic heterocycles. The second kappa shape index (κ2) is 5.14. The van der Waals surface area contributed by atoms with Gasteiger partial charge in [0.1, 0.15) is 11.4 Å². The van der Waals surface area contributed by atoms with Crippen molar-refractivity contribution in [1.82, 2.24) is 10.4 Å². The van der Waals surface area contributed by atoms with Crippen molar-refractivity contribution in [3.05, 3.63) is 29.3 Å². The molecule has 3 rings (SSSR count). The molecule has 0 aromatic heterocycles. The standard InChI is InChI=1S/C16H24N2O/c1-16(2)11-13-7-6-8-14(15(13)19-16)12-17-18-9-4-3-5-10-18/h6-8,17H,3-5,9-12H2,1-2H3. The van der Waals surface area contributed by atoms with E-state index in [-0.39, 0.29) is 5.60 Å². The van der Waals surface area contributed by atoms with Gasteiger partial charge in [-0.3, -0.25) is 5.43 Å². The summed E-state index contributed by atoms with van der Waals surface area (Å²) >= 11 is 0. The normalized spacial score (nSPS) is 22.0. The minimum atomic E-state index is -0.0520. The summed E-state index contributed by atoms with van der Waals surface area (Å²) in [6, 6.07) is 6.52. The molecule has 0 atom stereocenters. The topological polar surface area (TPSA) is 24.5 Å². The molecular weight excluding hydrogens is 236 g/mol. The fourth-order valence-electron chi connectivity index (χ4n) is 3.07. The molecule has 0 spiro atoms. The summed E-state index contributed by atoms with van der Waals surface area (Å²) in [4.78, 5) is 0. The Kier molecular flexibility index (Phi) is 3.50. The maximum absolute atomic E-state index is 6.11. The second-order valence-electron chi connectivity index (χ2n) is 6.33. The lowest BCUT2D eigenvalue weighted by Gasteiger charge is -2.27. The fourth-order valence-corrected chi connectivity index (χ4v) is 3.07. The number of piperidine rings is 1. The highest BCUT2D eigenvalue weighted by molar-refractivity contribution is 5.45. The van der Waals surface area contributed by atoms with E-state index < -0.39 is 0 Å². The molecule has 1 fully saturated rings. The Morgan fingerprint density at radius 2 is 2.00 bits per heavy atom. The van der Waals surface area contributed by atoms with Gasteiger partial charge >= 0.3 is 0 Å². The first-order chi connectivity index (χ1) is 9.14. The van der Waals surface area contributed by atoms with Crippen molar-refractivity contribution in [3.63, 3.8) is 0 Å². The summed E-state index contributed by atoms with van der Waals surface area (Å²) in [5.41, 5.74) is 6.13. The van der Waals surface area contributed by atoms with Gasteiger partial charge in [-0.05, 0) is 32.3 Å². The van der Waals surface area contributed by atoms with E-state index in [2.05, 4.69) is 42.5 Å². The van der Waals surface area contributed by atoms with Crippen LogP contribution in [0.4, 0.5) is 0 Å². The van der Waals surface area contributed by atoms with Gasteiger partial charge in [0.15, 0.2) is 0 Å². The molecule has 1 saturated heterocycles. The molecule has 0 aliphatic carbocycles. The zero-order chi connectivity index (χ0) is 13.3. The maximum Gasteiger partial charge on any atom is 0.128 e. The summed E-state index contributed by atoms with van der Waals surface area (Å²) < 4.78 is 6.11. The Hall–Kier alpha value is -1.06. The Bertz CT molecular complexity index is 450. The Morgan fingerprint density at radius 3 is 2.79 bits per heavy atom. The molecule has 0 saturated carbocycles. The van der Waals surface area contributed by atoms with Crippen LogP contribution in [0.25, 0.3) is 0 Å². The Labute approximate surface area is 115 Å². The van der Waals surface area contributed by atoms with Gasteiger partial charge in [-0.15, -0.1) is 0 Å². The first-order valence-electron chi connectivity index (χ1n) is 7.42. The van der Waals surface area contributed by atoms with Gasteiger partial charge in [-0.25, -0.2) is 5.01 Å². The van der Waals surface area contributed by atoms with Crippen LogP contribution in [-0.4, -0.2) is 23.7 Å². The molecule has 3 nitrogen and oxygen atoms in total. The van der Waals surface area contributed by atoms with Gasteiger partial charge in [0.25, 0.3) is 0 Å². The van der Waals surface area contributed by atoms with Crippen LogP contribution >= 0.6 is 0 Å². The fraction of sp³-hybridized carbons (Fsp3) is 0.625. The first-order valence-corrected chi connectivity index (χ1v) is 7.42. The van der Waals surface area contributed by atoms with E-state index >= 15 is 0 Å². The predicted molar refractivity (Wildman–Crippen MR) is 77.1 cm³/mol. The monoisotopic (exact) mass is 260 g/mol. The maximum atomic E-state index is 6.11. The summed E-state index contributed by atoms with van der Waals surface area (Å²) in [5, 5.41) is 2.35. The lowest BCUT2D eigenvalue weighted by atomic mass is 10.0. The summed E-state index contributed by atoms with van der Waals surface area (Å²) in [5.74, 6) is 1.11. The van der Waals surface area contributed by atoms with Crippen molar-refractivity contribution in [2.24, 2.45) is 0 Å². The second-order valence-corrected chi connectivity index (χ2v) is 6.33. The quantitative estimate of drug-likeness (QED) is 0.904. The van der Waals surface area contributed by atoms with Crippen LogP contribution in [0.15, 0.2) is 18.2 Å². The molecule has 104 valence electrons. The summed E-state index contributed by atoms with van der Waals surface area (Å²) in [6.45, 7) is 7.53. The van der Waals surface area contributed by atoms with Crippen LogP contribution in [0.2, 0.25) is 0 Å². The third-order valence-corrected chi connectivity index (χ3v) is 4.02. The minimum Gasteiger partial charge on any atom is -0.487 e. The third-order valence-electron chi connectivity index (χ3n) is 4.02. The van der Waals surface area contributed by atoms with Gasteiger partial charge < -0.3 is 4.74 Å². The van der Waals surface area contributed by atoms with E-state index in [1.165, 1.54) is 43.5 Å². The molecule has 2 aliphatic rings. The molecule has 19 heavy (non-hydrogen) atoms. The molecular formula is C16H24N2O. The number of hydrazine groups is 1. The molecule has 3 heteroatoms. The lowest BCUT2D eigenvalue weighted by molar-refractivity contribution is 0.131. The van der Waals surface area contributed by atoms with Crippen LogP contribution in [0.3, 0.4) is 0 Å². The van der Waals surface area contributed by atoms with Gasteiger partial charge in [0.2, 0.25) is 0 Å². The van der Waals surface area contributed by atoms with Crippen molar-refractivity contribution in [1.29, 1.82) is 0 Å². The highest BCUT2D eigenvalue weighted by atomic mass is 16.5. The van der Waals surface area contributed by atoms with E-state index in [1.54, 1.807) is 0 Å². The van der Waals surface area contributed by atoms with E-state index in [0.717, 1.165) is 18.7 Å². The van der Waals surface area contributed by atoms with E-state index in [0.29, 0.717) is 0 Å². The van der Waals surface area contributed by atoms with E-state index in [4.69, 9.17) is 4.74 Å². The molecule has 1 aromatic rings. The van der Waals surface area contributed by atoms with E-state index in [9.17, 15) is 0 Å². The zero-order valence-electron chi connectivity index (χ0n) is 12.0. The number of hydrogen-bond acceptors (Lipinski definition) is 3. The van der Waals surface area contributed by atoms with Crippen LogP contribution in [0, 0.1) is 0 Å². The van der Waals surface area contributed by atoms with E-state index in [1.807, 2.05) is 0 Å². The number of rotatable bonds is 3. The van der Waals surface area contributed by atoms with Crippen molar-refractivity contribution in [2.75, 3.05) is 13.1 Å². The number of benzene rings is 1. The molecule has 0 amide bonds. The van der Waals surface area contributed by atoms with Crippen molar-refractivity contribution < 1.29 is 4.74 Å². The molecule has 0 unspecified atom stereocenters. The number of fused-ring (bicyclic) bond motifs is 1. The molecule has 1 aromatic carbocycles. The van der Waals surface area contributed by atoms with Gasteiger partial charge in [0, 0.05) is 31.6 Å². The van der Waals surface area contributed by atoms with Gasteiger partial charge in [-0.2, -0.15) is 0 Å². The third kappa shape index (κ3) is 2.93. The molecule has 2 heterocycles. The summed E-state index contributed by atoms with van der Waals surface area (Å²) in [7, 11) is 0. The van der Waals surface area contributed by atoms with Gasteiger partial charge in [0.05, 0.1) is 0 Å². The number of nitrogens with zero attached hydrogens (tertiary/aromatic N) is 1. The van der Waals surface area contributed by atoms with Gasteiger partial charge in [-0.1, -0.05) is 24.6 Å².